The summed E-state index contributed by atoms with van der Waals surface area (Å²) in [4.78, 5) is 8.93. The number of pyridine rings is 1. The third-order valence-corrected chi connectivity index (χ3v) is 4.24. The molecule has 1 aliphatic heterocycles. The molecule has 0 bridgehead atoms. The molecule has 0 aliphatic carbocycles. The number of benzene rings is 1. The number of aromatic nitrogens is 1. The maximum atomic E-state index is 8.73. The van der Waals surface area contributed by atoms with Crippen molar-refractivity contribution in [3.63, 3.8) is 0 Å². The largest absolute Gasteiger partial charge is 0.491 e. The zero-order chi connectivity index (χ0) is 16.6. The van der Waals surface area contributed by atoms with Gasteiger partial charge in [0.05, 0.1) is 6.20 Å². The van der Waals surface area contributed by atoms with E-state index in [1.54, 1.807) is 18.3 Å². The van der Waals surface area contributed by atoms with Crippen molar-refractivity contribution in [1.29, 1.82) is 5.26 Å². The number of hydrogen-bond acceptors (Lipinski definition) is 5. The molecule has 0 spiro atoms. The second-order valence-corrected chi connectivity index (χ2v) is 5.94. The van der Waals surface area contributed by atoms with Crippen LogP contribution in [0.15, 0.2) is 48.7 Å². The van der Waals surface area contributed by atoms with Crippen molar-refractivity contribution < 1.29 is 4.74 Å². The van der Waals surface area contributed by atoms with Gasteiger partial charge in [-0.05, 0) is 17.7 Å². The Morgan fingerprint density at radius 3 is 2.42 bits per heavy atom. The smallest absolute Gasteiger partial charge is 0.140 e. The molecule has 1 aliphatic rings. The van der Waals surface area contributed by atoms with Crippen molar-refractivity contribution >= 4 is 0 Å². The van der Waals surface area contributed by atoms with Crippen molar-refractivity contribution in [2.24, 2.45) is 0 Å². The minimum Gasteiger partial charge on any atom is -0.491 e. The van der Waals surface area contributed by atoms with Crippen LogP contribution < -0.4 is 4.74 Å². The fourth-order valence-electron chi connectivity index (χ4n) is 2.84. The summed E-state index contributed by atoms with van der Waals surface area (Å²) in [5, 5.41) is 8.73. The van der Waals surface area contributed by atoms with E-state index >= 15 is 0 Å². The van der Waals surface area contributed by atoms with Crippen LogP contribution in [0.5, 0.6) is 5.75 Å². The van der Waals surface area contributed by atoms with E-state index in [4.69, 9.17) is 10.00 Å². The van der Waals surface area contributed by atoms with E-state index < -0.39 is 0 Å². The Morgan fingerprint density at radius 2 is 1.75 bits per heavy atom. The number of hydrogen-bond donors (Lipinski definition) is 0. The molecule has 3 rings (SSSR count). The molecule has 0 atom stereocenters. The number of nitrogens with zero attached hydrogens (tertiary/aromatic N) is 4. The molecule has 0 amide bonds. The molecule has 0 unspecified atom stereocenters. The van der Waals surface area contributed by atoms with Gasteiger partial charge in [-0.3, -0.25) is 9.80 Å². The predicted octanol–water partition coefficient (Wildman–Crippen LogP) is 2.15. The highest BCUT2D eigenvalue weighted by Crippen LogP contribution is 2.10. The molecular weight excluding hydrogens is 300 g/mol. The first-order valence-corrected chi connectivity index (χ1v) is 8.31. The maximum absolute atomic E-state index is 8.73. The Balaban J connectivity index is 1.35. The minimum atomic E-state index is 0.414. The van der Waals surface area contributed by atoms with Gasteiger partial charge < -0.3 is 4.74 Å². The van der Waals surface area contributed by atoms with Crippen LogP contribution in [0, 0.1) is 11.3 Å². The number of piperazine rings is 1. The van der Waals surface area contributed by atoms with Crippen LogP contribution in [0.4, 0.5) is 0 Å². The van der Waals surface area contributed by atoms with Gasteiger partial charge in [0.25, 0.3) is 0 Å². The van der Waals surface area contributed by atoms with Crippen LogP contribution in [0.1, 0.15) is 11.3 Å². The molecule has 124 valence electrons. The molecule has 1 aromatic heterocycles. The maximum Gasteiger partial charge on any atom is 0.140 e. The molecule has 1 fully saturated rings. The van der Waals surface area contributed by atoms with Crippen molar-refractivity contribution in [1.82, 2.24) is 14.8 Å². The van der Waals surface area contributed by atoms with E-state index in [1.807, 2.05) is 6.07 Å². The molecule has 0 radical (unpaired) electrons. The second-order valence-electron chi connectivity index (χ2n) is 5.94. The topological polar surface area (TPSA) is 52.4 Å². The van der Waals surface area contributed by atoms with Gasteiger partial charge in [-0.1, -0.05) is 30.3 Å². The van der Waals surface area contributed by atoms with Crippen molar-refractivity contribution in [2.45, 2.75) is 6.54 Å². The van der Waals surface area contributed by atoms with Gasteiger partial charge in [-0.2, -0.15) is 5.26 Å². The third kappa shape index (κ3) is 4.79. The minimum absolute atomic E-state index is 0.414. The second kappa shape index (κ2) is 8.44. The van der Waals surface area contributed by atoms with Gasteiger partial charge in [0.15, 0.2) is 0 Å². The molecule has 24 heavy (non-hydrogen) atoms. The first-order valence-electron chi connectivity index (χ1n) is 8.31. The summed E-state index contributed by atoms with van der Waals surface area (Å²) in [7, 11) is 0. The Hall–Kier alpha value is -2.42. The van der Waals surface area contributed by atoms with Gasteiger partial charge in [0.2, 0.25) is 0 Å². The van der Waals surface area contributed by atoms with E-state index in [0.29, 0.717) is 12.3 Å². The van der Waals surface area contributed by atoms with Crippen LogP contribution in [0.25, 0.3) is 0 Å². The summed E-state index contributed by atoms with van der Waals surface area (Å²) in [5.41, 5.74) is 1.79. The quantitative estimate of drug-likeness (QED) is 0.816. The lowest BCUT2D eigenvalue weighted by Crippen LogP contribution is -2.47. The lowest BCUT2D eigenvalue weighted by Gasteiger charge is -2.34. The highest BCUT2D eigenvalue weighted by Gasteiger charge is 2.16. The number of ether oxygens (including phenoxy) is 1. The van der Waals surface area contributed by atoms with Crippen LogP contribution in [0.2, 0.25) is 0 Å². The van der Waals surface area contributed by atoms with E-state index in [0.717, 1.165) is 45.0 Å². The summed E-state index contributed by atoms with van der Waals surface area (Å²) in [6, 6.07) is 16.1. The molecular formula is C19H22N4O. The standard InChI is InChI=1S/C19H22N4O/c20-14-18-6-7-19(15-21-18)24-13-12-22-8-10-23(11-9-22)16-17-4-2-1-3-5-17/h1-7,15H,8-13,16H2. The third-order valence-electron chi connectivity index (χ3n) is 4.24. The van der Waals surface area contributed by atoms with E-state index in [-0.39, 0.29) is 0 Å². The molecule has 2 aromatic rings. The lowest BCUT2D eigenvalue weighted by molar-refractivity contribution is 0.112. The van der Waals surface area contributed by atoms with Gasteiger partial charge in [-0.15, -0.1) is 0 Å². The van der Waals surface area contributed by atoms with Crippen molar-refractivity contribution in [3.05, 3.63) is 59.9 Å². The molecule has 0 saturated carbocycles. The summed E-state index contributed by atoms with van der Waals surface area (Å²) in [5.74, 6) is 0.719. The fourth-order valence-corrected chi connectivity index (χ4v) is 2.84. The van der Waals surface area contributed by atoms with E-state index in [2.05, 4.69) is 45.1 Å². The lowest BCUT2D eigenvalue weighted by atomic mass is 10.2. The normalized spacial score (nSPS) is 15.8. The van der Waals surface area contributed by atoms with E-state index in [1.165, 1.54) is 5.56 Å². The Bertz CT molecular complexity index is 658. The molecule has 5 nitrogen and oxygen atoms in total. The van der Waals surface area contributed by atoms with Crippen molar-refractivity contribution in [2.75, 3.05) is 39.3 Å². The zero-order valence-corrected chi connectivity index (χ0v) is 13.8. The molecule has 2 heterocycles. The Morgan fingerprint density at radius 1 is 1.00 bits per heavy atom. The number of rotatable bonds is 6. The Labute approximate surface area is 143 Å². The van der Waals surface area contributed by atoms with Gasteiger partial charge in [-0.25, -0.2) is 4.98 Å². The molecule has 1 saturated heterocycles. The summed E-state index contributed by atoms with van der Waals surface area (Å²) in [6.45, 7) is 6.91. The van der Waals surface area contributed by atoms with E-state index in [9.17, 15) is 0 Å². The zero-order valence-electron chi connectivity index (χ0n) is 13.8. The van der Waals surface area contributed by atoms with Gasteiger partial charge >= 0.3 is 0 Å². The highest BCUT2D eigenvalue weighted by atomic mass is 16.5. The molecule has 5 heteroatoms. The first kappa shape index (κ1) is 16.4. The van der Waals surface area contributed by atoms with Gasteiger partial charge in [0, 0.05) is 39.3 Å². The molecule has 1 aromatic carbocycles. The summed E-state index contributed by atoms with van der Waals surface area (Å²) >= 11 is 0. The monoisotopic (exact) mass is 322 g/mol. The van der Waals surface area contributed by atoms with Crippen LogP contribution in [0.3, 0.4) is 0 Å². The Kier molecular flexibility index (Phi) is 5.78. The van der Waals surface area contributed by atoms with Crippen LogP contribution in [-0.2, 0) is 6.54 Å². The highest BCUT2D eigenvalue weighted by molar-refractivity contribution is 5.26. The average Bonchev–Trinajstić information content (AvgIpc) is 2.65. The molecule has 0 N–H and O–H groups in total. The first-order chi connectivity index (χ1) is 11.8. The number of nitriles is 1. The van der Waals surface area contributed by atoms with Gasteiger partial charge in [0.1, 0.15) is 24.1 Å². The summed E-state index contributed by atoms with van der Waals surface area (Å²) < 4.78 is 5.70. The van der Waals surface area contributed by atoms with Crippen LogP contribution >= 0.6 is 0 Å². The summed E-state index contributed by atoms with van der Waals surface area (Å²) in [6.07, 6.45) is 1.61. The average molecular weight is 322 g/mol. The van der Waals surface area contributed by atoms with Crippen LogP contribution in [-0.4, -0.2) is 54.1 Å². The predicted molar refractivity (Wildman–Crippen MR) is 92.6 cm³/mol. The fraction of sp³-hybridized carbons (Fsp3) is 0.368. The SMILES string of the molecule is N#Cc1ccc(OCCN2CCN(Cc3ccccc3)CC2)cn1. The van der Waals surface area contributed by atoms with Crippen molar-refractivity contribution in [3.8, 4) is 11.8 Å².